The Hall–Kier alpha value is -3.51. The number of hydrogen-bond donors (Lipinski definition) is 2. The van der Waals surface area contributed by atoms with Crippen molar-refractivity contribution in [3.05, 3.63) is 95.9 Å². The molecule has 1 aliphatic rings. The van der Waals surface area contributed by atoms with Crippen molar-refractivity contribution in [1.29, 1.82) is 0 Å². The highest BCUT2D eigenvalue weighted by Gasteiger charge is 2.41. The van der Waals surface area contributed by atoms with Gasteiger partial charge in [-0.3, -0.25) is 4.79 Å². The quantitative estimate of drug-likeness (QED) is 0.398. The van der Waals surface area contributed by atoms with Crippen LogP contribution in [0.4, 0.5) is 4.39 Å². The molecule has 0 spiro atoms. The molecule has 2 N–H and O–H groups in total. The van der Waals surface area contributed by atoms with Gasteiger partial charge in [0.2, 0.25) is 5.91 Å². The number of aliphatic hydroxyl groups excluding tert-OH is 1. The van der Waals surface area contributed by atoms with Crippen LogP contribution in [0.15, 0.2) is 79.0 Å². The third-order valence-corrected chi connectivity index (χ3v) is 7.23. The molecule has 0 bridgehead atoms. The number of benzene rings is 3. The predicted molar refractivity (Wildman–Crippen MR) is 135 cm³/mol. The Morgan fingerprint density at radius 1 is 1.06 bits per heavy atom. The Morgan fingerprint density at radius 2 is 1.80 bits per heavy atom. The molecule has 35 heavy (non-hydrogen) atoms. The zero-order valence-corrected chi connectivity index (χ0v) is 20.0. The molecule has 3 aromatic carbocycles. The fraction of sp³-hybridized carbons (Fsp3) is 0.310. The number of carbonyl (C=O) groups excluding carboxylic acids is 1. The normalized spacial score (nSPS) is 19.1. The molecule has 4 aromatic rings. The molecule has 5 nitrogen and oxygen atoms in total. The fourth-order valence-corrected chi connectivity index (χ4v) is 5.28. The Labute approximate surface area is 204 Å². The number of amides is 1. The third kappa shape index (κ3) is 4.46. The highest BCUT2D eigenvalue weighted by atomic mass is 19.1. The molecule has 6 heteroatoms. The number of hydrogen-bond acceptors (Lipinski definition) is 3. The molecule has 0 saturated heterocycles. The van der Waals surface area contributed by atoms with Gasteiger partial charge in [0.1, 0.15) is 5.82 Å². The van der Waals surface area contributed by atoms with Gasteiger partial charge in [0, 0.05) is 11.3 Å². The minimum atomic E-state index is -0.774. The number of fused-ring (bicyclic) bond motifs is 1. The van der Waals surface area contributed by atoms with E-state index < -0.39 is 11.5 Å². The molecule has 3 unspecified atom stereocenters. The number of nitrogens with one attached hydrogen (secondary N) is 1. The van der Waals surface area contributed by atoms with Crippen LogP contribution >= 0.6 is 0 Å². The summed E-state index contributed by atoms with van der Waals surface area (Å²) in [7, 11) is 0. The predicted octanol–water partition coefficient (Wildman–Crippen LogP) is 5.35. The maximum Gasteiger partial charge on any atom is 0.226 e. The zero-order chi connectivity index (χ0) is 24.6. The highest BCUT2D eigenvalue weighted by molar-refractivity contribution is 5.85. The van der Waals surface area contributed by atoms with Crippen LogP contribution < -0.4 is 5.32 Å². The number of aromatic nitrogens is 2. The van der Waals surface area contributed by atoms with Crippen molar-refractivity contribution in [2.45, 2.75) is 51.2 Å². The number of aliphatic hydroxyl groups is 1. The van der Waals surface area contributed by atoms with E-state index in [4.69, 9.17) is 0 Å². The van der Waals surface area contributed by atoms with Crippen molar-refractivity contribution >= 4 is 16.8 Å². The first kappa shape index (κ1) is 23.2. The molecule has 5 rings (SSSR count). The van der Waals surface area contributed by atoms with Crippen molar-refractivity contribution in [3.8, 4) is 5.69 Å². The van der Waals surface area contributed by atoms with E-state index in [1.807, 2.05) is 44.2 Å². The van der Waals surface area contributed by atoms with Gasteiger partial charge in [-0.15, -0.1) is 0 Å². The Kier molecular flexibility index (Phi) is 6.15. The average Bonchev–Trinajstić information content (AvgIpc) is 3.46. The second-order valence-corrected chi connectivity index (χ2v) is 9.99. The van der Waals surface area contributed by atoms with Gasteiger partial charge in [0.05, 0.1) is 35.0 Å². The summed E-state index contributed by atoms with van der Waals surface area (Å²) in [5.41, 5.74) is 2.97. The van der Waals surface area contributed by atoms with Crippen LogP contribution in [0.1, 0.15) is 50.2 Å². The number of rotatable bonds is 6. The van der Waals surface area contributed by atoms with Crippen LogP contribution in [-0.2, 0) is 4.79 Å². The molecule has 3 atom stereocenters. The smallest absolute Gasteiger partial charge is 0.226 e. The third-order valence-electron chi connectivity index (χ3n) is 7.23. The molecular formula is C29H30FN3O2. The van der Waals surface area contributed by atoms with Gasteiger partial charge in [-0.2, -0.15) is 5.10 Å². The monoisotopic (exact) mass is 471 g/mol. The van der Waals surface area contributed by atoms with Crippen molar-refractivity contribution in [2.24, 2.45) is 5.41 Å². The van der Waals surface area contributed by atoms with Gasteiger partial charge in [-0.1, -0.05) is 50.2 Å². The molecule has 180 valence electrons. The summed E-state index contributed by atoms with van der Waals surface area (Å²) in [4.78, 5) is 13.6. The van der Waals surface area contributed by atoms with E-state index in [0.29, 0.717) is 0 Å². The van der Waals surface area contributed by atoms with E-state index >= 15 is 0 Å². The van der Waals surface area contributed by atoms with Crippen LogP contribution in [0.25, 0.3) is 16.6 Å². The van der Waals surface area contributed by atoms with Gasteiger partial charge in [-0.05, 0) is 66.8 Å². The van der Waals surface area contributed by atoms with E-state index in [0.717, 1.165) is 47.0 Å². The van der Waals surface area contributed by atoms with Crippen LogP contribution in [0.5, 0.6) is 0 Å². The highest BCUT2D eigenvalue weighted by Crippen LogP contribution is 2.42. The molecule has 1 fully saturated rings. The van der Waals surface area contributed by atoms with Gasteiger partial charge in [0.15, 0.2) is 0 Å². The number of nitrogens with zero attached hydrogens (tertiary/aromatic N) is 2. The van der Waals surface area contributed by atoms with E-state index in [1.54, 1.807) is 23.0 Å². The molecule has 1 amide bonds. The van der Waals surface area contributed by atoms with Gasteiger partial charge in [-0.25, -0.2) is 9.07 Å². The van der Waals surface area contributed by atoms with Gasteiger partial charge < -0.3 is 10.4 Å². The largest absolute Gasteiger partial charge is 0.391 e. The fourth-order valence-electron chi connectivity index (χ4n) is 5.28. The minimum Gasteiger partial charge on any atom is -0.391 e. The van der Waals surface area contributed by atoms with Gasteiger partial charge in [0.25, 0.3) is 0 Å². The van der Waals surface area contributed by atoms with Crippen LogP contribution in [0.2, 0.25) is 0 Å². The minimum absolute atomic E-state index is 0.0700. The first-order valence-electron chi connectivity index (χ1n) is 12.1. The summed E-state index contributed by atoms with van der Waals surface area (Å²) < 4.78 is 15.2. The van der Waals surface area contributed by atoms with E-state index in [1.165, 1.54) is 12.1 Å². The SMILES string of the molecule is CC(C)(C(=O)NC1CCCC1O)C(c1ccccc1)c1ccc2c(cnn2-c2ccc(F)cc2)c1. The van der Waals surface area contributed by atoms with Gasteiger partial charge >= 0.3 is 0 Å². The number of halogens is 1. The summed E-state index contributed by atoms with van der Waals surface area (Å²) in [5, 5.41) is 18.9. The second kappa shape index (κ2) is 9.27. The number of carbonyl (C=O) groups is 1. The Balaban J connectivity index is 1.53. The molecule has 1 heterocycles. The second-order valence-electron chi connectivity index (χ2n) is 9.99. The van der Waals surface area contributed by atoms with Crippen LogP contribution in [-0.4, -0.2) is 32.9 Å². The van der Waals surface area contributed by atoms with Crippen molar-refractivity contribution in [2.75, 3.05) is 0 Å². The molecule has 0 aliphatic heterocycles. The Morgan fingerprint density at radius 3 is 2.49 bits per heavy atom. The van der Waals surface area contributed by atoms with Crippen molar-refractivity contribution in [3.63, 3.8) is 0 Å². The lowest BCUT2D eigenvalue weighted by Gasteiger charge is -2.35. The van der Waals surface area contributed by atoms with Crippen LogP contribution in [0.3, 0.4) is 0 Å². The topological polar surface area (TPSA) is 67.2 Å². The lowest BCUT2D eigenvalue weighted by Crippen LogP contribution is -2.48. The zero-order valence-electron chi connectivity index (χ0n) is 20.0. The average molecular weight is 472 g/mol. The molecule has 0 radical (unpaired) electrons. The maximum absolute atomic E-state index is 13.6. The van der Waals surface area contributed by atoms with E-state index in [-0.39, 0.29) is 23.7 Å². The van der Waals surface area contributed by atoms with Crippen molar-refractivity contribution in [1.82, 2.24) is 15.1 Å². The Bertz CT molecular complexity index is 1330. The molecule has 1 saturated carbocycles. The van der Waals surface area contributed by atoms with E-state index in [2.05, 4.69) is 28.6 Å². The molecule has 1 aromatic heterocycles. The first-order chi connectivity index (χ1) is 16.8. The van der Waals surface area contributed by atoms with Crippen LogP contribution in [0, 0.1) is 11.2 Å². The summed E-state index contributed by atoms with van der Waals surface area (Å²) in [5.74, 6) is -0.566. The lowest BCUT2D eigenvalue weighted by atomic mass is 9.70. The first-order valence-corrected chi connectivity index (χ1v) is 12.1. The lowest BCUT2D eigenvalue weighted by molar-refractivity contribution is -0.131. The maximum atomic E-state index is 13.6. The van der Waals surface area contributed by atoms with E-state index in [9.17, 15) is 14.3 Å². The summed E-state index contributed by atoms with van der Waals surface area (Å²) in [6.45, 7) is 3.93. The van der Waals surface area contributed by atoms with Crippen molar-refractivity contribution < 1.29 is 14.3 Å². The standard InChI is InChI=1S/C29H30FN3O2/c1-29(2,28(35)32-24-9-6-10-26(24)34)27(19-7-4-3-5-8-19)20-11-16-25-21(17-20)18-31-33(25)23-14-12-22(30)13-15-23/h3-5,7-8,11-18,24,26-27,34H,6,9-10H2,1-2H3,(H,32,35). The summed E-state index contributed by atoms with van der Waals surface area (Å²) in [6, 6.07) is 22.2. The summed E-state index contributed by atoms with van der Waals surface area (Å²) >= 11 is 0. The molecular weight excluding hydrogens is 441 g/mol. The molecule has 1 aliphatic carbocycles. The summed E-state index contributed by atoms with van der Waals surface area (Å²) in [6.07, 6.45) is 3.75.